The Kier molecular flexibility index (Phi) is 6.45. The van der Waals surface area contributed by atoms with Crippen molar-refractivity contribution in [2.75, 3.05) is 26.2 Å². The molecule has 1 atom stereocenters. The smallest absolute Gasteiger partial charge is 0.326 e. The Hall–Kier alpha value is -1.14. The first-order valence-electron chi connectivity index (χ1n) is 8.03. The Balaban J connectivity index is 1.78. The Morgan fingerprint density at radius 2 is 1.90 bits per heavy atom. The van der Waals surface area contributed by atoms with Crippen molar-refractivity contribution in [3.8, 4) is 0 Å². The minimum Gasteiger partial charge on any atom is -0.480 e. The number of hydrogen-bond donors (Lipinski definition) is 2. The van der Waals surface area contributed by atoms with Crippen LogP contribution in [-0.2, 0) is 14.3 Å². The van der Waals surface area contributed by atoms with E-state index in [1.165, 1.54) is 0 Å². The van der Waals surface area contributed by atoms with Gasteiger partial charge >= 0.3 is 5.97 Å². The fourth-order valence-electron chi connectivity index (χ4n) is 3.08. The van der Waals surface area contributed by atoms with Gasteiger partial charge < -0.3 is 20.1 Å². The van der Waals surface area contributed by atoms with E-state index in [9.17, 15) is 14.7 Å². The molecule has 0 bridgehead atoms. The SMILES string of the molecule is O=C(O)C1CCCCCN1C(=O)CCOC1CCNCC1. The molecule has 2 fully saturated rings. The van der Waals surface area contributed by atoms with E-state index in [1.807, 2.05) is 0 Å². The van der Waals surface area contributed by atoms with Gasteiger partial charge in [-0.2, -0.15) is 0 Å². The van der Waals surface area contributed by atoms with Gasteiger partial charge in [0.2, 0.25) is 5.91 Å². The van der Waals surface area contributed by atoms with E-state index in [4.69, 9.17) is 4.74 Å². The maximum Gasteiger partial charge on any atom is 0.326 e. The standard InChI is InChI=1S/C15H26N2O4/c18-14(7-11-21-12-5-8-16-9-6-12)17-10-3-1-2-4-13(17)15(19)20/h12-13,16H,1-11H2,(H,19,20). The summed E-state index contributed by atoms with van der Waals surface area (Å²) in [4.78, 5) is 25.1. The van der Waals surface area contributed by atoms with E-state index in [0.29, 0.717) is 19.6 Å². The maximum absolute atomic E-state index is 12.3. The summed E-state index contributed by atoms with van der Waals surface area (Å²) in [6.07, 6.45) is 5.82. The van der Waals surface area contributed by atoms with Crippen LogP contribution in [0.4, 0.5) is 0 Å². The van der Waals surface area contributed by atoms with Gasteiger partial charge in [0, 0.05) is 6.54 Å². The molecule has 120 valence electrons. The summed E-state index contributed by atoms with van der Waals surface area (Å²) in [5.41, 5.74) is 0. The Bertz CT molecular complexity index is 356. The molecule has 2 heterocycles. The molecule has 2 saturated heterocycles. The molecular weight excluding hydrogens is 272 g/mol. The third kappa shape index (κ3) is 4.97. The molecule has 2 aliphatic rings. The number of hydrogen-bond acceptors (Lipinski definition) is 4. The summed E-state index contributed by atoms with van der Waals surface area (Å²) < 4.78 is 5.74. The number of amides is 1. The van der Waals surface area contributed by atoms with Crippen molar-refractivity contribution in [3.05, 3.63) is 0 Å². The molecule has 0 aromatic carbocycles. The molecular formula is C15H26N2O4. The first-order chi connectivity index (χ1) is 10.2. The van der Waals surface area contributed by atoms with E-state index >= 15 is 0 Å². The summed E-state index contributed by atoms with van der Waals surface area (Å²) in [5.74, 6) is -0.970. The van der Waals surface area contributed by atoms with Gasteiger partial charge in [0.05, 0.1) is 19.1 Å². The van der Waals surface area contributed by atoms with Crippen molar-refractivity contribution in [1.29, 1.82) is 0 Å². The molecule has 0 aliphatic carbocycles. The zero-order chi connectivity index (χ0) is 15.1. The van der Waals surface area contributed by atoms with Gasteiger partial charge in [-0.25, -0.2) is 4.79 Å². The van der Waals surface area contributed by atoms with Crippen molar-refractivity contribution >= 4 is 11.9 Å². The molecule has 21 heavy (non-hydrogen) atoms. The highest BCUT2D eigenvalue weighted by Gasteiger charge is 2.30. The maximum atomic E-state index is 12.3. The predicted molar refractivity (Wildman–Crippen MR) is 78.1 cm³/mol. The number of piperidine rings is 1. The average Bonchev–Trinajstić information content (AvgIpc) is 2.74. The number of carboxylic acids is 1. The van der Waals surface area contributed by atoms with Crippen LogP contribution >= 0.6 is 0 Å². The number of rotatable bonds is 5. The van der Waals surface area contributed by atoms with Gasteiger partial charge in [-0.15, -0.1) is 0 Å². The van der Waals surface area contributed by atoms with Crippen molar-refractivity contribution in [1.82, 2.24) is 10.2 Å². The van der Waals surface area contributed by atoms with Crippen LogP contribution in [0.2, 0.25) is 0 Å². The molecule has 0 aromatic heterocycles. The van der Waals surface area contributed by atoms with Gasteiger partial charge in [-0.1, -0.05) is 12.8 Å². The number of ether oxygens (including phenoxy) is 1. The Morgan fingerprint density at radius 3 is 2.62 bits per heavy atom. The number of nitrogens with one attached hydrogen (secondary N) is 1. The molecule has 6 heteroatoms. The quantitative estimate of drug-likeness (QED) is 0.791. The third-order valence-electron chi connectivity index (χ3n) is 4.31. The largest absolute Gasteiger partial charge is 0.480 e. The highest BCUT2D eigenvalue weighted by Crippen LogP contribution is 2.18. The fraction of sp³-hybridized carbons (Fsp3) is 0.867. The summed E-state index contributed by atoms with van der Waals surface area (Å²) in [6, 6.07) is -0.654. The normalized spacial score (nSPS) is 24.6. The van der Waals surface area contributed by atoms with E-state index in [1.54, 1.807) is 4.90 Å². The monoisotopic (exact) mass is 298 g/mol. The van der Waals surface area contributed by atoms with E-state index < -0.39 is 12.0 Å². The van der Waals surface area contributed by atoms with Gasteiger partial charge in [0.25, 0.3) is 0 Å². The molecule has 0 saturated carbocycles. The lowest BCUT2D eigenvalue weighted by Crippen LogP contribution is -2.45. The molecule has 0 spiro atoms. The number of nitrogens with zero attached hydrogens (tertiary/aromatic N) is 1. The molecule has 6 nitrogen and oxygen atoms in total. The van der Waals surface area contributed by atoms with Crippen LogP contribution in [0, 0.1) is 0 Å². The Morgan fingerprint density at radius 1 is 1.14 bits per heavy atom. The Labute approximate surface area is 125 Å². The van der Waals surface area contributed by atoms with E-state index in [-0.39, 0.29) is 18.4 Å². The molecule has 0 aromatic rings. The van der Waals surface area contributed by atoms with E-state index in [2.05, 4.69) is 5.32 Å². The molecule has 2 N–H and O–H groups in total. The lowest BCUT2D eigenvalue weighted by atomic mass is 10.1. The highest BCUT2D eigenvalue weighted by atomic mass is 16.5. The average molecular weight is 298 g/mol. The van der Waals surface area contributed by atoms with Crippen LogP contribution < -0.4 is 5.32 Å². The van der Waals surface area contributed by atoms with Crippen LogP contribution in [-0.4, -0.2) is 60.3 Å². The second-order valence-corrected chi connectivity index (χ2v) is 5.86. The molecule has 2 aliphatic heterocycles. The van der Waals surface area contributed by atoms with Gasteiger partial charge in [-0.3, -0.25) is 4.79 Å². The molecule has 1 unspecified atom stereocenters. The first kappa shape index (κ1) is 16.2. The van der Waals surface area contributed by atoms with Crippen LogP contribution in [0.1, 0.15) is 44.9 Å². The minimum absolute atomic E-state index is 0.0850. The summed E-state index contributed by atoms with van der Waals surface area (Å²) in [7, 11) is 0. The summed E-state index contributed by atoms with van der Waals surface area (Å²) in [5, 5.41) is 12.6. The zero-order valence-electron chi connectivity index (χ0n) is 12.6. The zero-order valence-corrected chi connectivity index (χ0v) is 12.6. The number of likely N-dealkylation sites (tertiary alicyclic amines) is 1. The van der Waals surface area contributed by atoms with Crippen molar-refractivity contribution in [2.45, 2.75) is 57.1 Å². The number of carboxylic acid groups (broad SMARTS) is 1. The van der Waals surface area contributed by atoms with Crippen LogP contribution in [0.3, 0.4) is 0 Å². The van der Waals surface area contributed by atoms with Crippen molar-refractivity contribution in [3.63, 3.8) is 0 Å². The van der Waals surface area contributed by atoms with Crippen LogP contribution in [0.5, 0.6) is 0 Å². The molecule has 1 amide bonds. The van der Waals surface area contributed by atoms with Gasteiger partial charge in [0.15, 0.2) is 0 Å². The predicted octanol–water partition coefficient (Wildman–Crippen LogP) is 1.00. The summed E-state index contributed by atoms with van der Waals surface area (Å²) in [6.45, 7) is 2.88. The summed E-state index contributed by atoms with van der Waals surface area (Å²) >= 11 is 0. The lowest BCUT2D eigenvalue weighted by molar-refractivity contribution is -0.150. The highest BCUT2D eigenvalue weighted by molar-refractivity contribution is 5.83. The fourth-order valence-corrected chi connectivity index (χ4v) is 3.08. The number of carbonyl (C=O) groups is 2. The third-order valence-corrected chi connectivity index (χ3v) is 4.31. The number of carbonyl (C=O) groups excluding carboxylic acids is 1. The van der Waals surface area contributed by atoms with Gasteiger partial charge in [0.1, 0.15) is 6.04 Å². The minimum atomic E-state index is -0.885. The second kappa shape index (κ2) is 8.34. The first-order valence-corrected chi connectivity index (χ1v) is 8.03. The van der Waals surface area contributed by atoms with Crippen LogP contribution in [0.25, 0.3) is 0 Å². The van der Waals surface area contributed by atoms with Crippen molar-refractivity contribution < 1.29 is 19.4 Å². The molecule has 2 rings (SSSR count). The second-order valence-electron chi connectivity index (χ2n) is 5.86. The topological polar surface area (TPSA) is 78.9 Å². The van der Waals surface area contributed by atoms with Crippen molar-refractivity contribution in [2.24, 2.45) is 0 Å². The lowest BCUT2D eigenvalue weighted by Gasteiger charge is -2.28. The van der Waals surface area contributed by atoms with Gasteiger partial charge in [-0.05, 0) is 38.8 Å². The molecule has 0 radical (unpaired) electrons. The van der Waals surface area contributed by atoms with E-state index in [0.717, 1.165) is 45.2 Å². The van der Waals surface area contributed by atoms with Crippen LogP contribution in [0.15, 0.2) is 0 Å². The number of aliphatic carboxylic acids is 1.